The second-order valence-electron chi connectivity index (χ2n) is 6.07. The average molecular weight is 302 g/mol. The molecule has 0 spiro atoms. The van der Waals surface area contributed by atoms with Gasteiger partial charge in [0.2, 0.25) is 0 Å². The molecule has 0 atom stereocenters. The predicted octanol–water partition coefficient (Wildman–Crippen LogP) is 4.45. The van der Waals surface area contributed by atoms with Crippen LogP contribution in [0.3, 0.4) is 0 Å². The van der Waals surface area contributed by atoms with Gasteiger partial charge in [0.25, 0.3) is 0 Å². The maximum absolute atomic E-state index is 6.13. The zero-order valence-electron chi connectivity index (χ0n) is 14.1. The van der Waals surface area contributed by atoms with Crippen molar-refractivity contribution < 1.29 is 8.85 Å². The van der Waals surface area contributed by atoms with E-state index >= 15 is 0 Å². The van der Waals surface area contributed by atoms with E-state index in [4.69, 9.17) is 8.85 Å². The molecule has 4 heteroatoms. The van der Waals surface area contributed by atoms with E-state index in [1.165, 1.54) is 57.8 Å². The lowest BCUT2D eigenvalue weighted by molar-refractivity contribution is 0.139. The van der Waals surface area contributed by atoms with Gasteiger partial charge in [-0.1, -0.05) is 46.0 Å². The zero-order chi connectivity index (χ0) is 14.8. The molecule has 0 bridgehead atoms. The van der Waals surface area contributed by atoms with E-state index in [0.29, 0.717) is 5.54 Å². The minimum atomic E-state index is -2.21. The third-order valence-corrected chi connectivity index (χ3v) is 8.82. The van der Waals surface area contributed by atoms with E-state index in [1.807, 2.05) is 14.2 Å². The molecular formula is C16H35NO2Si. The molecule has 1 aliphatic carbocycles. The van der Waals surface area contributed by atoms with Crippen LogP contribution in [0.1, 0.15) is 71.6 Å². The topological polar surface area (TPSA) is 21.7 Å². The molecule has 0 N–H and O–H groups in total. The van der Waals surface area contributed by atoms with Crippen molar-refractivity contribution in [1.29, 1.82) is 0 Å². The summed E-state index contributed by atoms with van der Waals surface area (Å²) < 4.78 is 14.9. The Balaban J connectivity index is 2.84. The smallest absolute Gasteiger partial charge is 0.386 e. The van der Waals surface area contributed by atoms with Crippen LogP contribution >= 0.6 is 0 Å². The van der Waals surface area contributed by atoms with E-state index in [-0.39, 0.29) is 0 Å². The molecule has 1 aliphatic rings. The van der Waals surface area contributed by atoms with Crippen molar-refractivity contribution >= 4 is 8.72 Å². The van der Waals surface area contributed by atoms with Crippen molar-refractivity contribution in [2.75, 3.05) is 27.3 Å². The fraction of sp³-hybridized carbons (Fsp3) is 1.00. The monoisotopic (exact) mass is 301 g/mol. The van der Waals surface area contributed by atoms with Gasteiger partial charge in [-0.2, -0.15) is 0 Å². The lowest BCUT2D eigenvalue weighted by Crippen LogP contribution is -2.61. The summed E-state index contributed by atoms with van der Waals surface area (Å²) in [4.78, 5) is 0. The lowest BCUT2D eigenvalue weighted by Gasteiger charge is -2.44. The molecule has 0 aliphatic heterocycles. The minimum Gasteiger partial charge on any atom is -0.386 e. The summed E-state index contributed by atoms with van der Waals surface area (Å²) >= 11 is 0. The van der Waals surface area contributed by atoms with Gasteiger partial charge in [-0.05, 0) is 38.8 Å². The highest BCUT2D eigenvalue weighted by Crippen LogP contribution is 2.39. The van der Waals surface area contributed by atoms with Crippen molar-refractivity contribution in [3.63, 3.8) is 0 Å². The first-order chi connectivity index (χ1) is 9.75. The number of hydrogen-bond donors (Lipinski definition) is 0. The summed E-state index contributed by atoms with van der Waals surface area (Å²) in [5.41, 5.74) is 0.653. The first-order valence-electron chi connectivity index (χ1n) is 8.60. The molecule has 120 valence electrons. The zero-order valence-corrected chi connectivity index (χ0v) is 15.1. The Bertz CT molecular complexity index is 233. The maximum Gasteiger partial charge on any atom is 0.430 e. The van der Waals surface area contributed by atoms with Crippen LogP contribution in [0.5, 0.6) is 0 Å². The van der Waals surface area contributed by atoms with Crippen molar-refractivity contribution in [2.45, 2.75) is 77.2 Å². The van der Waals surface area contributed by atoms with Crippen LogP contribution in [-0.4, -0.2) is 40.6 Å². The van der Waals surface area contributed by atoms with Crippen LogP contribution in [0, 0.1) is 0 Å². The molecule has 0 unspecified atom stereocenters. The Kier molecular flexibility index (Phi) is 9.01. The highest BCUT2D eigenvalue weighted by Gasteiger charge is 2.50. The van der Waals surface area contributed by atoms with Gasteiger partial charge in [-0.15, -0.1) is 0 Å². The number of rotatable bonds is 10. The van der Waals surface area contributed by atoms with E-state index in [2.05, 4.69) is 18.4 Å². The third-order valence-electron chi connectivity index (χ3n) is 4.71. The van der Waals surface area contributed by atoms with Crippen LogP contribution in [0.2, 0.25) is 5.54 Å². The van der Waals surface area contributed by atoms with Gasteiger partial charge in [-0.3, -0.25) is 4.57 Å². The fourth-order valence-corrected chi connectivity index (χ4v) is 7.47. The van der Waals surface area contributed by atoms with Crippen LogP contribution < -0.4 is 0 Å². The highest BCUT2D eigenvalue weighted by molar-refractivity contribution is 6.66. The van der Waals surface area contributed by atoms with Crippen molar-refractivity contribution in [2.24, 2.45) is 0 Å². The van der Waals surface area contributed by atoms with E-state index in [9.17, 15) is 0 Å². The summed E-state index contributed by atoms with van der Waals surface area (Å²) in [7, 11) is 1.56. The standard InChI is InChI=1S/C16H35NO2Si/c1-5-7-14-17(15-8-6-2)20(18-3,19-4)16-12-10-9-11-13-16/h16H,5-15H2,1-4H3. The molecule has 0 aromatic rings. The molecule has 1 fully saturated rings. The van der Waals surface area contributed by atoms with Gasteiger partial charge in [0.1, 0.15) is 0 Å². The molecule has 1 rings (SSSR count). The summed E-state index contributed by atoms with van der Waals surface area (Å²) in [6.07, 6.45) is 11.7. The lowest BCUT2D eigenvalue weighted by atomic mass is 10.0. The first-order valence-corrected chi connectivity index (χ1v) is 10.4. The summed E-state index contributed by atoms with van der Waals surface area (Å²) in [5, 5.41) is 0. The Labute approximate surface area is 127 Å². The van der Waals surface area contributed by atoms with Crippen LogP contribution in [0.4, 0.5) is 0 Å². The molecule has 3 nitrogen and oxygen atoms in total. The van der Waals surface area contributed by atoms with Crippen LogP contribution in [0.25, 0.3) is 0 Å². The quantitative estimate of drug-likeness (QED) is 0.556. The molecule has 0 radical (unpaired) electrons. The number of hydrogen-bond acceptors (Lipinski definition) is 3. The molecule has 1 saturated carbocycles. The fourth-order valence-electron chi connectivity index (χ4n) is 3.52. The van der Waals surface area contributed by atoms with Crippen molar-refractivity contribution in [3.05, 3.63) is 0 Å². The SMILES string of the molecule is CCCCN(CCCC)[Si](OC)(OC)C1CCCCC1. The molecule has 0 saturated heterocycles. The number of unbranched alkanes of at least 4 members (excludes halogenated alkanes) is 2. The average Bonchev–Trinajstić information content (AvgIpc) is 2.51. The normalized spacial score (nSPS) is 17.9. The van der Waals surface area contributed by atoms with Gasteiger partial charge >= 0.3 is 8.72 Å². The molecule has 0 aromatic carbocycles. The number of nitrogens with zero attached hydrogens (tertiary/aromatic N) is 1. The summed E-state index contributed by atoms with van der Waals surface area (Å²) in [6, 6.07) is 0. The summed E-state index contributed by atoms with van der Waals surface area (Å²) in [5.74, 6) is 0. The Morgan fingerprint density at radius 1 is 0.900 bits per heavy atom. The second-order valence-corrected chi connectivity index (χ2v) is 9.59. The van der Waals surface area contributed by atoms with Crippen LogP contribution in [-0.2, 0) is 8.85 Å². The summed E-state index contributed by atoms with van der Waals surface area (Å²) in [6.45, 7) is 6.81. The van der Waals surface area contributed by atoms with Crippen molar-refractivity contribution in [3.8, 4) is 0 Å². The largest absolute Gasteiger partial charge is 0.430 e. The van der Waals surface area contributed by atoms with E-state index in [0.717, 1.165) is 13.1 Å². The van der Waals surface area contributed by atoms with Crippen LogP contribution in [0.15, 0.2) is 0 Å². The Morgan fingerprint density at radius 3 is 1.80 bits per heavy atom. The van der Waals surface area contributed by atoms with Gasteiger partial charge < -0.3 is 8.85 Å². The van der Waals surface area contributed by atoms with Gasteiger partial charge in [-0.25, -0.2) is 0 Å². The van der Waals surface area contributed by atoms with Gasteiger partial charge in [0, 0.05) is 19.8 Å². The molecule has 0 aromatic heterocycles. The maximum atomic E-state index is 6.13. The minimum absolute atomic E-state index is 0.653. The first kappa shape index (κ1) is 18.1. The molecule has 0 heterocycles. The molecule has 20 heavy (non-hydrogen) atoms. The van der Waals surface area contributed by atoms with E-state index < -0.39 is 8.72 Å². The molecule has 0 amide bonds. The Hall–Kier alpha value is 0.0969. The predicted molar refractivity (Wildman–Crippen MR) is 88.0 cm³/mol. The third kappa shape index (κ3) is 4.55. The van der Waals surface area contributed by atoms with Gasteiger partial charge in [0.15, 0.2) is 0 Å². The van der Waals surface area contributed by atoms with Gasteiger partial charge in [0.05, 0.1) is 0 Å². The highest BCUT2D eigenvalue weighted by atomic mass is 28.4. The van der Waals surface area contributed by atoms with E-state index in [1.54, 1.807) is 0 Å². The molecular weight excluding hydrogens is 266 g/mol. The Morgan fingerprint density at radius 2 is 1.40 bits per heavy atom. The second kappa shape index (κ2) is 9.93. The van der Waals surface area contributed by atoms with Crippen molar-refractivity contribution in [1.82, 2.24) is 4.57 Å².